The van der Waals surface area contributed by atoms with Crippen LogP contribution in [-0.2, 0) is 16.9 Å². The number of H-pyrrole nitrogens is 1. The first kappa shape index (κ1) is 24.2. The van der Waals surface area contributed by atoms with Crippen molar-refractivity contribution in [3.05, 3.63) is 35.0 Å². The van der Waals surface area contributed by atoms with Crippen molar-refractivity contribution >= 4 is 31.5 Å². The topological polar surface area (TPSA) is 99.3 Å². The van der Waals surface area contributed by atoms with E-state index in [9.17, 15) is 18.4 Å². The monoisotopic (exact) mass is 491 g/mol. The first-order valence-corrected chi connectivity index (χ1v) is 14.8. The van der Waals surface area contributed by atoms with E-state index in [1.165, 1.54) is 12.0 Å². The summed E-state index contributed by atoms with van der Waals surface area (Å²) in [5, 5.41) is 12.3. The lowest BCUT2D eigenvalue weighted by atomic mass is 9.83. The average molecular weight is 492 g/mol. The van der Waals surface area contributed by atoms with Crippen LogP contribution in [0.1, 0.15) is 44.4 Å². The Balaban J connectivity index is 1.55. The minimum absolute atomic E-state index is 0.0125. The number of carbonyl (C=O) groups is 2. The van der Waals surface area contributed by atoms with Gasteiger partial charge in [-0.15, -0.1) is 0 Å². The van der Waals surface area contributed by atoms with Crippen molar-refractivity contribution in [1.82, 2.24) is 15.1 Å². The lowest BCUT2D eigenvalue weighted by Gasteiger charge is -2.48. The van der Waals surface area contributed by atoms with Crippen LogP contribution in [0.15, 0.2) is 12.1 Å². The van der Waals surface area contributed by atoms with Crippen LogP contribution in [0.4, 0.5) is 25.1 Å². The summed E-state index contributed by atoms with van der Waals surface area (Å²) in [6, 6.07) is 1.33. The molecular formula is C23H31F2N5O3Si. The number of aromatic amines is 1. The molecule has 2 heterocycles. The summed E-state index contributed by atoms with van der Waals surface area (Å²) < 4.78 is 33.6. The molecule has 0 bridgehead atoms. The Morgan fingerprint density at radius 2 is 1.76 bits per heavy atom. The molecule has 11 heteroatoms. The fraction of sp³-hybridized carbons (Fsp3) is 0.522. The van der Waals surface area contributed by atoms with Gasteiger partial charge in [-0.3, -0.25) is 9.89 Å². The Morgan fingerprint density at radius 3 is 2.26 bits per heavy atom. The van der Waals surface area contributed by atoms with Crippen molar-refractivity contribution in [3.8, 4) is 5.75 Å². The maximum absolute atomic E-state index is 14.4. The average Bonchev–Trinajstić information content (AvgIpc) is 3.20. The molecule has 1 aliphatic carbocycles. The number of anilines is 2. The van der Waals surface area contributed by atoms with E-state index < -0.39 is 37.0 Å². The van der Waals surface area contributed by atoms with Crippen LogP contribution in [0.2, 0.25) is 24.7 Å². The highest BCUT2D eigenvalue weighted by Gasteiger charge is 2.54. The fourth-order valence-corrected chi connectivity index (χ4v) is 7.58. The standard InChI is InChI=1S/C23H31F2N5O3Si/c1-22(2)18-14(19(29-28-18)27-20(31)23(8-7-9-23)34(4,5)6)12-30(22)21(32)26-17-15(24)10-13(33-3)11-16(17)25/h10-11H,7-9,12H2,1-6H3,(H,26,32)(H2,27,28,29,31). The van der Waals surface area contributed by atoms with Gasteiger partial charge in [-0.25, -0.2) is 13.6 Å². The molecule has 184 valence electrons. The number of nitrogens with one attached hydrogen (secondary N) is 3. The molecule has 8 nitrogen and oxygen atoms in total. The number of hydrogen-bond donors (Lipinski definition) is 3. The normalized spacial score (nSPS) is 18.2. The van der Waals surface area contributed by atoms with E-state index in [1.807, 2.05) is 0 Å². The van der Waals surface area contributed by atoms with Gasteiger partial charge in [0.1, 0.15) is 11.4 Å². The molecule has 0 radical (unpaired) electrons. The Morgan fingerprint density at radius 1 is 1.15 bits per heavy atom. The zero-order chi connectivity index (χ0) is 25.1. The van der Waals surface area contributed by atoms with E-state index in [4.69, 9.17) is 4.74 Å². The van der Waals surface area contributed by atoms with Gasteiger partial charge < -0.3 is 20.3 Å². The molecule has 1 aromatic heterocycles. The minimum Gasteiger partial charge on any atom is -0.497 e. The quantitative estimate of drug-likeness (QED) is 0.502. The first-order valence-electron chi connectivity index (χ1n) is 11.3. The highest BCUT2D eigenvalue weighted by atomic mass is 28.3. The van der Waals surface area contributed by atoms with Gasteiger partial charge in [0.25, 0.3) is 0 Å². The summed E-state index contributed by atoms with van der Waals surface area (Å²) in [7, 11) is -0.472. The van der Waals surface area contributed by atoms with Crippen LogP contribution >= 0.6 is 0 Å². The third-order valence-corrected chi connectivity index (χ3v) is 11.1. The van der Waals surface area contributed by atoms with Crippen molar-refractivity contribution < 1.29 is 23.1 Å². The molecule has 2 aliphatic rings. The third kappa shape index (κ3) is 3.66. The summed E-state index contributed by atoms with van der Waals surface area (Å²) in [5.74, 6) is -1.48. The molecular weight excluding hydrogens is 460 g/mol. The molecule has 0 spiro atoms. The van der Waals surface area contributed by atoms with Gasteiger partial charge >= 0.3 is 6.03 Å². The first-order chi connectivity index (χ1) is 15.8. The predicted molar refractivity (Wildman–Crippen MR) is 128 cm³/mol. The van der Waals surface area contributed by atoms with Crippen molar-refractivity contribution in [2.24, 2.45) is 0 Å². The van der Waals surface area contributed by atoms with Gasteiger partial charge in [0.05, 0.1) is 33.0 Å². The van der Waals surface area contributed by atoms with Gasteiger partial charge in [0.15, 0.2) is 17.5 Å². The van der Waals surface area contributed by atoms with Crippen LogP contribution < -0.4 is 15.4 Å². The van der Waals surface area contributed by atoms with Crippen LogP contribution in [0.25, 0.3) is 0 Å². The van der Waals surface area contributed by atoms with Crippen molar-refractivity contribution in [1.29, 1.82) is 0 Å². The number of carbonyl (C=O) groups excluding carboxylic acids is 2. The zero-order valence-corrected chi connectivity index (χ0v) is 21.4. The molecule has 1 aliphatic heterocycles. The number of nitrogens with zero attached hydrogens (tertiary/aromatic N) is 2. The van der Waals surface area contributed by atoms with E-state index in [0.717, 1.165) is 31.4 Å². The molecule has 3 amide bonds. The SMILES string of the molecule is COc1cc(F)c(NC(=O)N2Cc3c(NC(=O)C4([Si](C)(C)C)CCC4)n[nH]c3C2(C)C)c(F)c1. The number of hydrogen-bond acceptors (Lipinski definition) is 4. The molecule has 0 atom stereocenters. The number of urea groups is 1. The highest BCUT2D eigenvalue weighted by Crippen LogP contribution is 2.56. The summed E-state index contributed by atoms with van der Waals surface area (Å²) >= 11 is 0. The molecule has 0 unspecified atom stereocenters. The Labute approximate surface area is 198 Å². The number of aromatic nitrogens is 2. The fourth-order valence-electron chi connectivity index (χ4n) is 4.98. The van der Waals surface area contributed by atoms with Gasteiger partial charge in [-0.1, -0.05) is 26.1 Å². The lowest BCUT2D eigenvalue weighted by molar-refractivity contribution is -0.121. The number of benzene rings is 1. The van der Waals surface area contributed by atoms with Gasteiger partial charge in [-0.2, -0.15) is 5.10 Å². The minimum atomic E-state index is -1.77. The molecule has 1 aromatic carbocycles. The van der Waals surface area contributed by atoms with Crippen LogP contribution in [-0.4, -0.2) is 42.2 Å². The number of halogens is 2. The van der Waals surface area contributed by atoms with E-state index in [1.54, 1.807) is 13.8 Å². The van der Waals surface area contributed by atoms with Crippen molar-refractivity contribution in [2.75, 3.05) is 17.7 Å². The summed E-state index contributed by atoms with van der Waals surface area (Å²) in [6.07, 6.45) is 2.79. The largest absolute Gasteiger partial charge is 0.497 e. The van der Waals surface area contributed by atoms with Crippen LogP contribution in [0, 0.1) is 11.6 Å². The molecule has 0 saturated heterocycles. The molecule has 1 fully saturated rings. The Hall–Kier alpha value is -2.95. The van der Waals surface area contributed by atoms with Gasteiger partial charge in [0.2, 0.25) is 5.91 Å². The summed E-state index contributed by atoms with van der Waals surface area (Å²) in [5.41, 5.74) is -0.0359. The molecule has 4 rings (SSSR count). The van der Waals surface area contributed by atoms with Crippen molar-refractivity contribution in [2.45, 2.75) is 69.9 Å². The number of ether oxygens (including phenoxy) is 1. The number of amides is 3. The number of rotatable bonds is 5. The smallest absolute Gasteiger partial charge is 0.323 e. The van der Waals surface area contributed by atoms with Crippen LogP contribution in [0.3, 0.4) is 0 Å². The Bertz CT molecular complexity index is 1130. The zero-order valence-electron chi connectivity index (χ0n) is 20.4. The third-order valence-electron chi connectivity index (χ3n) is 7.51. The molecule has 34 heavy (non-hydrogen) atoms. The number of fused-ring (bicyclic) bond motifs is 1. The van der Waals surface area contributed by atoms with E-state index in [2.05, 4.69) is 40.5 Å². The maximum atomic E-state index is 14.4. The van der Waals surface area contributed by atoms with Crippen molar-refractivity contribution in [3.63, 3.8) is 0 Å². The van der Waals surface area contributed by atoms with E-state index in [0.29, 0.717) is 17.1 Å². The van der Waals surface area contributed by atoms with Crippen LogP contribution in [0.5, 0.6) is 5.75 Å². The van der Waals surface area contributed by atoms with E-state index >= 15 is 0 Å². The highest BCUT2D eigenvalue weighted by molar-refractivity contribution is 6.83. The summed E-state index contributed by atoms with van der Waals surface area (Å²) in [4.78, 5) is 27.8. The molecule has 1 saturated carbocycles. The lowest BCUT2D eigenvalue weighted by Crippen LogP contribution is -2.52. The molecule has 3 N–H and O–H groups in total. The van der Waals surface area contributed by atoms with Gasteiger partial charge in [-0.05, 0) is 26.7 Å². The summed E-state index contributed by atoms with van der Waals surface area (Å²) in [6.45, 7) is 10.3. The van der Waals surface area contributed by atoms with E-state index in [-0.39, 0.29) is 23.2 Å². The number of methoxy groups -OCH3 is 1. The second-order valence-electron chi connectivity index (χ2n) is 10.6. The second kappa shape index (κ2) is 8.07. The Kier molecular flexibility index (Phi) is 5.74. The predicted octanol–water partition coefficient (Wildman–Crippen LogP) is 5.18. The maximum Gasteiger partial charge on any atom is 0.323 e. The van der Waals surface area contributed by atoms with Gasteiger partial charge in [0, 0.05) is 22.7 Å². The molecule has 2 aromatic rings. The second-order valence-corrected chi connectivity index (χ2v) is 16.1.